The quantitative estimate of drug-likeness (QED) is 0.405. The number of methoxy groups -OCH3 is 1. The zero-order valence-electron chi connectivity index (χ0n) is 18.5. The van der Waals surface area contributed by atoms with E-state index in [0.717, 1.165) is 24.5 Å². The maximum absolute atomic E-state index is 10.7. The standard InChI is InChI=1S/C27H33NO3/c1-27(29,18-20-31-25-15-13-24(30-2)14-16-25)21-28-19-17-26(22-9-5-3-6-10-22)23-11-7-4-8-12-23/h3-16,26,28-29H,17-21H2,1-2H3/t27-/m0/s1. The van der Waals surface area contributed by atoms with Crippen molar-refractivity contribution in [3.05, 3.63) is 96.1 Å². The Morgan fingerprint density at radius 2 is 1.39 bits per heavy atom. The molecule has 4 nitrogen and oxygen atoms in total. The average Bonchev–Trinajstić information content (AvgIpc) is 2.80. The van der Waals surface area contributed by atoms with Gasteiger partial charge in [-0.05, 0) is 55.3 Å². The van der Waals surface area contributed by atoms with Crippen LogP contribution < -0.4 is 14.8 Å². The van der Waals surface area contributed by atoms with Gasteiger partial charge in [-0.3, -0.25) is 0 Å². The molecule has 0 aliphatic carbocycles. The largest absolute Gasteiger partial charge is 0.497 e. The molecule has 31 heavy (non-hydrogen) atoms. The van der Waals surface area contributed by atoms with Gasteiger partial charge < -0.3 is 19.9 Å². The molecule has 0 radical (unpaired) electrons. The molecule has 3 rings (SSSR count). The first-order valence-electron chi connectivity index (χ1n) is 10.9. The summed E-state index contributed by atoms with van der Waals surface area (Å²) in [7, 11) is 1.64. The molecule has 0 fully saturated rings. The van der Waals surface area contributed by atoms with E-state index in [1.807, 2.05) is 31.2 Å². The third-order valence-electron chi connectivity index (χ3n) is 5.49. The second-order valence-electron chi connectivity index (χ2n) is 8.11. The smallest absolute Gasteiger partial charge is 0.119 e. The molecule has 3 aromatic carbocycles. The van der Waals surface area contributed by atoms with Gasteiger partial charge in [-0.25, -0.2) is 0 Å². The minimum absolute atomic E-state index is 0.332. The lowest BCUT2D eigenvalue weighted by Crippen LogP contribution is -2.39. The molecule has 0 aromatic heterocycles. The molecule has 0 aliphatic heterocycles. The van der Waals surface area contributed by atoms with Crippen LogP contribution in [0.5, 0.6) is 11.5 Å². The third kappa shape index (κ3) is 7.42. The van der Waals surface area contributed by atoms with Crippen LogP contribution in [0.15, 0.2) is 84.9 Å². The summed E-state index contributed by atoms with van der Waals surface area (Å²) < 4.78 is 10.9. The average molecular weight is 420 g/mol. The van der Waals surface area contributed by atoms with Crippen molar-refractivity contribution in [1.82, 2.24) is 5.32 Å². The highest BCUT2D eigenvalue weighted by molar-refractivity contribution is 5.32. The predicted molar refractivity (Wildman–Crippen MR) is 126 cm³/mol. The highest BCUT2D eigenvalue weighted by Gasteiger charge is 2.20. The number of benzene rings is 3. The topological polar surface area (TPSA) is 50.7 Å². The third-order valence-corrected chi connectivity index (χ3v) is 5.49. The molecule has 3 aromatic rings. The fourth-order valence-corrected chi connectivity index (χ4v) is 3.65. The summed E-state index contributed by atoms with van der Waals surface area (Å²) in [4.78, 5) is 0. The van der Waals surface area contributed by atoms with Gasteiger partial charge in [0, 0.05) is 18.9 Å². The highest BCUT2D eigenvalue weighted by atomic mass is 16.5. The Balaban J connectivity index is 1.45. The summed E-state index contributed by atoms with van der Waals surface area (Å²) in [6, 6.07) is 28.7. The number of hydrogen-bond acceptors (Lipinski definition) is 4. The summed E-state index contributed by atoms with van der Waals surface area (Å²) >= 11 is 0. The van der Waals surface area contributed by atoms with Crippen LogP contribution in [0, 0.1) is 0 Å². The highest BCUT2D eigenvalue weighted by Crippen LogP contribution is 2.27. The Kier molecular flexibility index (Phi) is 8.51. The van der Waals surface area contributed by atoms with E-state index in [1.165, 1.54) is 11.1 Å². The fourth-order valence-electron chi connectivity index (χ4n) is 3.65. The van der Waals surface area contributed by atoms with Crippen molar-refractivity contribution in [3.8, 4) is 11.5 Å². The summed E-state index contributed by atoms with van der Waals surface area (Å²) in [5, 5.41) is 14.1. The van der Waals surface area contributed by atoms with Crippen LogP contribution in [0.25, 0.3) is 0 Å². The van der Waals surface area contributed by atoms with Gasteiger partial charge in [-0.2, -0.15) is 0 Å². The maximum atomic E-state index is 10.7. The molecule has 4 heteroatoms. The van der Waals surface area contributed by atoms with E-state index < -0.39 is 5.60 Å². The number of aliphatic hydroxyl groups is 1. The van der Waals surface area contributed by atoms with Crippen molar-refractivity contribution >= 4 is 0 Å². The molecule has 2 N–H and O–H groups in total. The molecule has 0 bridgehead atoms. The van der Waals surface area contributed by atoms with Crippen LogP contribution in [0.4, 0.5) is 0 Å². The molecule has 0 amide bonds. The van der Waals surface area contributed by atoms with Gasteiger partial charge in [0.1, 0.15) is 11.5 Å². The van der Waals surface area contributed by atoms with Crippen LogP contribution >= 0.6 is 0 Å². The van der Waals surface area contributed by atoms with Gasteiger partial charge in [-0.1, -0.05) is 60.7 Å². The van der Waals surface area contributed by atoms with Gasteiger partial charge in [0.2, 0.25) is 0 Å². The van der Waals surface area contributed by atoms with Gasteiger partial charge >= 0.3 is 0 Å². The zero-order valence-corrected chi connectivity index (χ0v) is 18.5. The minimum Gasteiger partial charge on any atom is -0.497 e. The van der Waals surface area contributed by atoms with E-state index in [0.29, 0.717) is 25.5 Å². The molecule has 0 saturated carbocycles. The molecule has 0 unspecified atom stereocenters. The lowest BCUT2D eigenvalue weighted by atomic mass is 9.88. The summed E-state index contributed by atoms with van der Waals surface area (Å²) in [5.74, 6) is 1.91. The van der Waals surface area contributed by atoms with E-state index >= 15 is 0 Å². The molecule has 1 atom stereocenters. The van der Waals surface area contributed by atoms with Crippen molar-refractivity contribution in [1.29, 1.82) is 0 Å². The van der Waals surface area contributed by atoms with E-state index in [-0.39, 0.29) is 0 Å². The van der Waals surface area contributed by atoms with Crippen molar-refractivity contribution in [3.63, 3.8) is 0 Å². The van der Waals surface area contributed by atoms with E-state index in [2.05, 4.69) is 66.0 Å². The number of rotatable bonds is 12. The van der Waals surface area contributed by atoms with Crippen LogP contribution in [0.3, 0.4) is 0 Å². The van der Waals surface area contributed by atoms with E-state index in [1.54, 1.807) is 7.11 Å². The molecular weight excluding hydrogens is 386 g/mol. The zero-order chi connectivity index (χ0) is 21.9. The lowest BCUT2D eigenvalue weighted by Gasteiger charge is -2.25. The van der Waals surface area contributed by atoms with E-state index in [9.17, 15) is 5.11 Å². The van der Waals surface area contributed by atoms with Crippen LogP contribution in [0.2, 0.25) is 0 Å². The molecular formula is C27H33NO3. The van der Waals surface area contributed by atoms with Crippen molar-refractivity contribution in [2.75, 3.05) is 26.8 Å². The SMILES string of the molecule is COc1ccc(OCC[C@](C)(O)CNCCC(c2ccccc2)c2ccccc2)cc1. The van der Waals surface area contributed by atoms with Crippen molar-refractivity contribution < 1.29 is 14.6 Å². The Bertz CT molecular complexity index is 840. The van der Waals surface area contributed by atoms with Crippen molar-refractivity contribution in [2.24, 2.45) is 0 Å². The van der Waals surface area contributed by atoms with Crippen LogP contribution in [0.1, 0.15) is 36.8 Å². The minimum atomic E-state index is -0.832. The van der Waals surface area contributed by atoms with Crippen molar-refractivity contribution in [2.45, 2.75) is 31.3 Å². The number of hydrogen-bond donors (Lipinski definition) is 2. The van der Waals surface area contributed by atoms with Crippen LogP contribution in [-0.2, 0) is 0 Å². The molecule has 0 aliphatic rings. The molecule has 0 saturated heterocycles. The Morgan fingerprint density at radius 1 is 0.839 bits per heavy atom. The summed E-state index contributed by atoms with van der Waals surface area (Å²) in [5.41, 5.74) is 1.80. The van der Waals surface area contributed by atoms with Gasteiger partial charge in [-0.15, -0.1) is 0 Å². The van der Waals surface area contributed by atoms with E-state index in [4.69, 9.17) is 9.47 Å². The second-order valence-corrected chi connectivity index (χ2v) is 8.11. The summed E-state index contributed by atoms with van der Waals surface area (Å²) in [6.07, 6.45) is 1.51. The Labute approximate surface area is 185 Å². The first kappa shape index (κ1) is 22.9. The van der Waals surface area contributed by atoms with Gasteiger partial charge in [0.05, 0.1) is 19.3 Å². The maximum Gasteiger partial charge on any atom is 0.119 e. The first-order chi connectivity index (χ1) is 15.1. The summed E-state index contributed by atoms with van der Waals surface area (Å²) in [6.45, 7) is 3.65. The normalized spacial score (nSPS) is 13.0. The monoisotopic (exact) mass is 419 g/mol. The lowest BCUT2D eigenvalue weighted by molar-refractivity contribution is 0.0371. The Hall–Kier alpha value is -2.82. The van der Waals surface area contributed by atoms with Crippen LogP contribution in [-0.4, -0.2) is 37.5 Å². The molecule has 0 heterocycles. The fraction of sp³-hybridized carbons (Fsp3) is 0.333. The van der Waals surface area contributed by atoms with Gasteiger partial charge in [0.25, 0.3) is 0 Å². The number of ether oxygens (including phenoxy) is 2. The first-order valence-corrected chi connectivity index (χ1v) is 10.9. The van der Waals surface area contributed by atoms with Gasteiger partial charge in [0.15, 0.2) is 0 Å². The number of nitrogens with one attached hydrogen (secondary N) is 1. The molecule has 0 spiro atoms. The predicted octanol–water partition coefficient (Wildman–Crippen LogP) is 5.03. The second kappa shape index (κ2) is 11.5. The molecule has 164 valence electrons. The Morgan fingerprint density at radius 3 is 1.94 bits per heavy atom.